The average Bonchev–Trinajstić information content (AvgIpc) is 2.61. The Balaban J connectivity index is 2.21. The molecular weight excluding hydrogens is 294 g/mol. The van der Waals surface area contributed by atoms with Gasteiger partial charge in [0.15, 0.2) is 0 Å². The van der Waals surface area contributed by atoms with Crippen molar-refractivity contribution in [1.29, 1.82) is 0 Å². The number of nitrogens with one attached hydrogen (secondary N) is 1. The van der Waals surface area contributed by atoms with E-state index in [1.54, 1.807) is 37.5 Å². The minimum Gasteiger partial charge on any atom is -0.497 e. The third-order valence-electron chi connectivity index (χ3n) is 3.12. The van der Waals surface area contributed by atoms with Gasteiger partial charge in [-0.2, -0.15) is 0 Å². The van der Waals surface area contributed by atoms with E-state index in [-0.39, 0.29) is 5.70 Å². The van der Waals surface area contributed by atoms with E-state index in [1.165, 1.54) is 7.11 Å². The summed E-state index contributed by atoms with van der Waals surface area (Å²) < 4.78 is 9.76. The molecule has 5 nitrogen and oxygen atoms in total. The lowest BCUT2D eigenvalue weighted by molar-refractivity contribution is -0.136. The van der Waals surface area contributed by atoms with Crippen LogP contribution in [-0.2, 0) is 9.53 Å². The molecule has 0 aromatic heterocycles. The summed E-state index contributed by atoms with van der Waals surface area (Å²) in [7, 11) is 2.81. The van der Waals surface area contributed by atoms with Crippen molar-refractivity contribution in [2.24, 2.45) is 0 Å². The highest BCUT2D eigenvalue weighted by molar-refractivity contribution is 6.03. The first-order valence-electron chi connectivity index (χ1n) is 6.94. The number of carbonyl (C=O) groups is 2. The van der Waals surface area contributed by atoms with Crippen molar-refractivity contribution < 1.29 is 19.1 Å². The van der Waals surface area contributed by atoms with Crippen molar-refractivity contribution in [3.63, 3.8) is 0 Å². The quantitative estimate of drug-likeness (QED) is 0.681. The molecule has 0 radical (unpaired) electrons. The number of hydrogen-bond acceptors (Lipinski definition) is 4. The van der Waals surface area contributed by atoms with Gasteiger partial charge in [-0.3, -0.25) is 4.79 Å². The predicted octanol–water partition coefficient (Wildman–Crippen LogP) is 2.64. The van der Waals surface area contributed by atoms with Crippen LogP contribution >= 0.6 is 0 Å². The van der Waals surface area contributed by atoms with Gasteiger partial charge in [-0.15, -0.1) is 0 Å². The van der Waals surface area contributed by atoms with E-state index in [1.807, 2.05) is 30.3 Å². The molecule has 0 aliphatic rings. The second-order valence-electron chi connectivity index (χ2n) is 4.64. The van der Waals surface area contributed by atoms with E-state index < -0.39 is 11.9 Å². The maximum absolute atomic E-state index is 12.3. The normalized spacial score (nSPS) is 10.8. The topological polar surface area (TPSA) is 64.6 Å². The molecule has 0 saturated carbocycles. The number of benzene rings is 2. The van der Waals surface area contributed by atoms with Crippen LogP contribution < -0.4 is 10.1 Å². The monoisotopic (exact) mass is 311 g/mol. The van der Waals surface area contributed by atoms with Gasteiger partial charge in [0.1, 0.15) is 11.4 Å². The molecular formula is C18H17NO4. The van der Waals surface area contributed by atoms with Gasteiger partial charge in [0.2, 0.25) is 0 Å². The molecule has 0 spiro atoms. The average molecular weight is 311 g/mol. The fourth-order valence-electron chi connectivity index (χ4n) is 1.91. The molecule has 23 heavy (non-hydrogen) atoms. The first-order chi connectivity index (χ1) is 11.1. The van der Waals surface area contributed by atoms with E-state index in [4.69, 9.17) is 9.47 Å². The molecule has 118 valence electrons. The van der Waals surface area contributed by atoms with Gasteiger partial charge in [-0.25, -0.2) is 4.79 Å². The molecule has 0 aliphatic heterocycles. The van der Waals surface area contributed by atoms with Gasteiger partial charge in [-0.05, 0) is 35.9 Å². The Morgan fingerprint density at radius 1 is 0.957 bits per heavy atom. The van der Waals surface area contributed by atoms with Crippen molar-refractivity contribution in [1.82, 2.24) is 5.32 Å². The molecule has 0 bridgehead atoms. The lowest BCUT2D eigenvalue weighted by Crippen LogP contribution is -2.28. The van der Waals surface area contributed by atoms with Crippen LogP contribution in [0, 0.1) is 0 Å². The number of amides is 1. The van der Waals surface area contributed by atoms with Crippen LogP contribution in [-0.4, -0.2) is 26.1 Å². The third-order valence-corrected chi connectivity index (χ3v) is 3.12. The third kappa shape index (κ3) is 4.44. The maximum Gasteiger partial charge on any atom is 0.354 e. The zero-order valence-corrected chi connectivity index (χ0v) is 12.9. The highest BCUT2D eigenvalue weighted by Gasteiger charge is 2.15. The highest BCUT2D eigenvalue weighted by atomic mass is 16.5. The van der Waals surface area contributed by atoms with Crippen LogP contribution in [0.3, 0.4) is 0 Å². The largest absolute Gasteiger partial charge is 0.497 e. The SMILES string of the molecule is COC(=O)C(=Cc1ccccc1)NC(=O)c1ccc(OC)cc1. The summed E-state index contributed by atoms with van der Waals surface area (Å²) in [5.41, 5.74) is 1.26. The Bertz CT molecular complexity index is 706. The number of hydrogen-bond donors (Lipinski definition) is 1. The van der Waals surface area contributed by atoms with Gasteiger partial charge < -0.3 is 14.8 Å². The molecule has 2 aromatic carbocycles. The number of carbonyl (C=O) groups excluding carboxylic acids is 2. The summed E-state index contributed by atoms with van der Waals surface area (Å²) in [6, 6.07) is 15.8. The fraction of sp³-hybridized carbons (Fsp3) is 0.111. The first-order valence-corrected chi connectivity index (χ1v) is 6.94. The second-order valence-corrected chi connectivity index (χ2v) is 4.64. The number of rotatable bonds is 5. The smallest absolute Gasteiger partial charge is 0.354 e. The Morgan fingerprint density at radius 3 is 2.17 bits per heavy atom. The van der Waals surface area contributed by atoms with Crippen molar-refractivity contribution in [3.05, 3.63) is 71.4 Å². The number of ether oxygens (including phenoxy) is 2. The summed E-state index contributed by atoms with van der Waals surface area (Å²) in [5, 5.41) is 2.58. The molecule has 2 rings (SSSR count). The number of esters is 1. The minimum absolute atomic E-state index is 0.0690. The molecule has 0 fully saturated rings. The molecule has 1 amide bonds. The van der Waals surface area contributed by atoms with Crippen LogP contribution in [0.15, 0.2) is 60.3 Å². The van der Waals surface area contributed by atoms with Gasteiger partial charge in [0, 0.05) is 5.56 Å². The zero-order chi connectivity index (χ0) is 16.7. The fourth-order valence-corrected chi connectivity index (χ4v) is 1.91. The lowest BCUT2D eigenvalue weighted by Gasteiger charge is -2.09. The maximum atomic E-state index is 12.3. The first kappa shape index (κ1) is 16.3. The summed E-state index contributed by atoms with van der Waals surface area (Å²) >= 11 is 0. The van der Waals surface area contributed by atoms with Gasteiger partial charge in [-0.1, -0.05) is 30.3 Å². The highest BCUT2D eigenvalue weighted by Crippen LogP contribution is 2.12. The lowest BCUT2D eigenvalue weighted by atomic mass is 10.1. The van der Waals surface area contributed by atoms with Crippen LogP contribution in [0.1, 0.15) is 15.9 Å². The molecule has 1 N–H and O–H groups in total. The Hall–Kier alpha value is -3.08. The second kappa shape index (κ2) is 7.79. The molecule has 0 unspecified atom stereocenters. The minimum atomic E-state index is -0.615. The van der Waals surface area contributed by atoms with Gasteiger partial charge in [0.05, 0.1) is 14.2 Å². The van der Waals surface area contributed by atoms with E-state index >= 15 is 0 Å². The molecule has 2 aromatic rings. The van der Waals surface area contributed by atoms with Gasteiger partial charge in [0.25, 0.3) is 5.91 Å². The summed E-state index contributed by atoms with van der Waals surface area (Å²) in [6.07, 6.45) is 1.56. The van der Waals surface area contributed by atoms with E-state index in [0.29, 0.717) is 11.3 Å². The predicted molar refractivity (Wildman–Crippen MR) is 86.9 cm³/mol. The Morgan fingerprint density at radius 2 is 1.61 bits per heavy atom. The summed E-state index contributed by atoms with van der Waals surface area (Å²) in [5.74, 6) is -0.370. The van der Waals surface area contributed by atoms with E-state index in [0.717, 1.165) is 5.56 Å². The Labute approximate surface area is 134 Å². The number of methoxy groups -OCH3 is 2. The van der Waals surface area contributed by atoms with Crippen molar-refractivity contribution in [2.75, 3.05) is 14.2 Å². The molecule has 0 aliphatic carbocycles. The molecule has 0 atom stereocenters. The Kier molecular flexibility index (Phi) is 5.52. The van der Waals surface area contributed by atoms with Gasteiger partial charge >= 0.3 is 5.97 Å². The van der Waals surface area contributed by atoms with Crippen LogP contribution in [0.25, 0.3) is 6.08 Å². The van der Waals surface area contributed by atoms with Crippen LogP contribution in [0.5, 0.6) is 5.75 Å². The van der Waals surface area contributed by atoms with Crippen LogP contribution in [0.2, 0.25) is 0 Å². The van der Waals surface area contributed by atoms with E-state index in [2.05, 4.69) is 5.32 Å². The van der Waals surface area contributed by atoms with Crippen molar-refractivity contribution in [2.45, 2.75) is 0 Å². The standard InChI is InChI=1S/C18H17NO4/c1-22-15-10-8-14(9-11-15)17(20)19-16(18(21)23-2)12-13-6-4-3-5-7-13/h3-12H,1-2H3,(H,19,20). The molecule has 0 saturated heterocycles. The van der Waals surface area contributed by atoms with E-state index in [9.17, 15) is 9.59 Å². The summed E-state index contributed by atoms with van der Waals surface area (Å²) in [4.78, 5) is 24.1. The molecule has 0 heterocycles. The summed E-state index contributed by atoms with van der Waals surface area (Å²) in [6.45, 7) is 0. The zero-order valence-electron chi connectivity index (χ0n) is 12.9. The van der Waals surface area contributed by atoms with Crippen molar-refractivity contribution in [3.8, 4) is 5.75 Å². The van der Waals surface area contributed by atoms with Crippen LogP contribution in [0.4, 0.5) is 0 Å². The molecule has 5 heteroatoms. The van der Waals surface area contributed by atoms with Crippen molar-refractivity contribution >= 4 is 18.0 Å².